The number of nitrogens with one attached hydrogen (secondary N) is 2. The smallest absolute Gasteiger partial charge is 0.396 e. The van der Waals surface area contributed by atoms with Gasteiger partial charge in [0, 0.05) is 62.2 Å². The molecule has 14 nitrogen and oxygen atoms in total. The fourth-order valence-electron chi connectivity index (χ4n) is 12.1. The number of alkyl halides is 6. The summed E-state index contributed by atoms with van der Waals surface area (Å²) in [6.07, 6.45) is -2.87. The summed E-state index contributed by atoms with van der Waals surface area (Å²) in [4.78, 5) is 42.0. The van der Waals surface area contributed by atoms with Crippen molar-refractivity contribution < 1.29 is 63.0 Å². The predicted octanol–water partition coefficient (Wildman–Crippen LogP) is 10.3. The van der Waals surface area contributed by atoms with Crippen LogP contribution in [0, 0.1) is 28.9 Å². The van der Waals surface area contributed by atoms with Gasteiger partial charge in [-0.05, 0) is 111 Å². The zero-order valence-electron chi connectivity index (χ0n) is 41.9. The number of fused-ring (bicyclic) bond motifs is 2. The number of hydrogen-bond donors (Lipinski definition) is 2. The van der Waals surface area contributed by atoms with Crippen molar-refractivity contribution in [2.45, 2.75) is 128 Å². The molecule has 7 aliphatic rings. The summed E-state index contributed by atoms with van der Waals surface area (Å²) < 4.78 is 132. The van der Waals surface area contributed by atoms with Crippen LogP contribution >= 0.6 is 0 Å². The maximum Gasteiger partial charge on any atom is 0.396 e. The Morgan fingerprint density at radius 2 is 1.18 bits per heavy atom. The van der Waals surface area contributed by atoms with E-state index in [4.69, 9.17) is 18.3 Å². The van der Waals surface area contributed by atoms with E-state index >= 15 is 8.78 Å². The number of amides is 2. The Morgan fingerprint density at radius 1 is 0.703 bits per heavy atom. The molecule has 4 atom stereocenters. The van der Waals surface area contributed by atoms with Gasteiger partial charge in [0.2, 0.25) is 0 Å². The second kappa shape index (κ2) is 19.8. The molecule has 2 aromatic carbocycles. The van der Waals surface area contributed by atoms with Crippen LogP contribution in [0.3, 0.4) is 0 Å². The van der Waals surface area contributed by atoms with E-state index in [-0.39, 0.29) is 28.8 Å². The van der Waals surface area contributed by atoms with Crippen molar-refractivity contribution in [3.05, 3.63) is 69.9 Å². The van der Waals surface area contributed by atoms with Gasteiger partial charge in [-0.2, -0.15) is 36.3 Å². The number of anilines is 6. The largest absolute Gasteiger partial charge is 0.427 e. The van der Waals surface area contributed by atoms with Gasteiger partial charge in [-0.1, -0.05) is 20.8 Å². The number of aromatic nitrogens is 2. The zero-order valence-corrected chi connectivity index (χ0v) is 41.9. The summed E-state index contributed by atoms with van der Waals surface area (Å²) in [6, 6.07) is 6.40. The third-order valence-corrected chi connectivity index (χ3v) is 16.2. The number of carbonyl (C=O) groups excluding carboxylic acids is 2. The molecule has 4 unspecified atom stereocenters. The Morgan fingerprint density at radius 3 is 1.55 bits per heavy atom. The SMILES string of the molecule is CC1CCC(N2CCc3cc(NC(=O)c4nc(N5CCC6(COC6)C5)oc4CC(F)(F)F)cc(F)c32)C1.CCC1(OC)CN(c2nc(C(=O)Nc3cc(F)c4c(c3)CCN4C3CCC(C)C3)c(CC(F)(F)F)o2)C1. The molecule has 2 aliphatic carbocycles. The zero-order chi connectivity index (χ0) is 52.5. The van der Waals surface area contributed by atoms with E-state index in [0.717, 1.165) is 56.1 Å². The van der Waals surface area contributed by atoms with Crippen LogP contribution in [0.15, 0.2) is 33.1 Å². The minimum Gasteiger partial charge on any atom is -0.427 e. The summed E-state index contributed by atoms with van der Waals surface area (Å²) in [5.41, 5.74) is 1.73. The van der Waals surface area contributed by atoms with E-state index in [1.165, 1.54) is 12.1 Å². The maximum absolute atomic E-state index is 15.2. The van der Waals surface area contributed by atoms with Crippen LogP contribution in [0.5, 0.6) is 0 Å². The quantitative estimate of drug-likeness (QED) is 0.131. The van der Waals surface area contributed by atoms with Gasteiger partial charge in [0.1, 0.15) is 41.6 Å². The average molecular weight is 1050 g/mol. The van der Waals surface area contributed by atoms with Crippen LogP contribution in [0.2, 0.25) is 0 Å². The Hall–Kier alpha value is -5.64. The molecule has 3 saturated heterocycles. The van der Waals surface area contributed by atoms with Crippen molar-refractivity contribution in [1.29, 1.82) is 0 Å². The van der Waals surface area contributed by atoms with Crippen LogP contribution in [0.1, 0.15) is 116 Å². The standard InChI is InChI=1S/C26H30F4N4O3.C26H32F4N4O3/c1-15-2-3-18(8-15)34-6-4-16-9-17(10-19(27)22(16)34)31-23(35)21-20(11-26(28,29)30)37-24(32-21)33-7-5-25(12-33)13-36-14-25;1-4-25(36-3)13-33(14-25)24-32-21(20(37-24)12-26(28,29)30)23(35)31-17-10-16-7-8-34(22(16)19(27)11-17)18-6-5-15(2)9-18/h9-10,15,18H,2-8,11-14H2,1H3,(H,31,35);10-11,15,18H,4-9,12-14H2,1-3H3,(H,31,35). The van der Waals surface area contributed by atoms with Crippen LogP contribution in [-0.4, -0.2) is 111 Å². The molecule has 11 rings (SSSR count). The van der Waals surface area contributed by atoms with Gasteiger partial charge in [0.25, 0.3) is 23.8 Å². The maximum atomic E-state index is 15.2. The van der Waals surface area contributed by atoms with Crippen LogP contribution in [0.25, 0.3) is 0 Å². The number of carbonyl (C=O) groups is 2. The van der Waals surface area contributed by atoms with Gasteiger partial charge in [-0.25, -0.2) is 8.78 Å². The lowest BCUT2D eigenvalue weighted by Crippen LogP contribution is -2.62. The number of hydrogen-bond acceptors (Lipinski definition) is 12. The Labute approximate surface area is 423 Å². The highest BCUT2D eigenvalue weighted by molar-refractivity contribution is 6.05. The van der Waals surface area contributed by atoms with Gasteiger partial charge >= 0.3 is 12.4 Å². The summed E-state index contributed by atoms with van der Waals surface area (Å²) in [6.45, 7) is 10.8. The van der Waals surface area contributed by atoms with Crippen molar-refractivity contribution in [1.82, 2.24) is 9.97 Å². The molecule has 5 fully saturated rings. The molecule has 4 aromatic rings. The van der Waals surface area contributed by atoms with Gasteiger partial charge in [-0.3, -0.25) is 9.59 Å². The molecule has 5 aliphatic heterocycles. The van der Waals surface area contributed by atoms with Gasteiger partial charge in [0.15, 0.2) is 11.4 Å². The van der Waals surface area contributed by atoms with Crippen molar-refractivity contribution >= 4 is 46.6 Å². The lowest BCUT2D eigenvalue weighted by molar-refractivity contribution is -0.131. The van der Waals surface area contributed by atoms with Crippen molar-refractivity contribution in [2.24, 2.45) is 17.3 Å². The van der Waals surface area contributed by atoms with Gasteiger partial charge in [0.05, 0.1) is 37.7 Å². The number of rotatable bonds is 12. The monoisotopic (exact) mass is 1050 g/mol. The summed E-state index contributed by atoms with van der Waals surface area (Å²) >= 11 is 0. The summed E-state index contributed by atoms with van der Waals surface area (Å²) in [7, 11) is 1.58. The molecular weight excluding hydrogens is 985 g/mol. The summed E-state index contributed by atoms with van der Waals surface area (Å²) in [5, 5.41) is 5.11. The van der Waals surface area contributed by atoms with E-state index in [2.05, 4.69) is 44.2 Å². The molecular formula is C52H62F8N8O6. The third-order valence-electron chi connectivity index (χ3n) is 16.2. The van der Waals surface area contributed by atoms with Crippen LogP contribution in [0.4, 0.5) is 69.9 Å². The predicted molar refractivity (Wildman–Crippen MR) is 259 cm³/mol. The lowest BCUT2D eigenvalue weighted by Gasteiger charge is -2.47. The number of oxazole rings is 2. The topological polar surface area (TPSA) is 142 Å². The fraction of sp³-hybridized carbons (Fsp3) is 0.615. The van der Waals surface area contributed by atoms with Crippen molar-refractivity contribution in [3.8, 4) is 0 Å². The molecule has 22 heteroatoms. The normalized spacial score (nSPS) is 23.7. The van der Waals surface area contributed by atoms with E-state index in [1.54, 1.807) is 29.0 Å². The average Bonchev–Trinajstić information content (AvgIpc) is 4.16. The first kappa shape index (κ1) is 51.8. The second-order valence-corrected chi connectivity index (χ2v) is 21.8. The molecule has 7 heterocycles. The van der Waals surface area contributed by atoms with E-state index < -0.39 is 77.2 Å². The Bertz CT molecular complexity index is 2740. The number of methoxy groups -OCH3 is 1. The Balaban J connectivity index is 0.000000169. The molecule has 402 valence electrons. The number of nitrogens with zero attached hydrogens (tertiary/aromatic N) is 6. The molecule has 0 radical (unpaired) electrons. The first-order valence-corrected chi connectivity index (χ1v) is 25.7. The molecule has 1 spiro atoms. The van der Waals surface area contributed by atoms with E-state index in [1.807, 2.05) is 6.92 Å². The molecule has 2 amide bonds. The van der Waals surface area contributed by atoms with E-state index in [0.29, 0.717) is 107 Å². The van der Waals surface area contributed by atoms with Crippen LogP contribution < -0.4 is 30.2 Å². The third kappa shape index (κ3) is 10.6. The lowest BCUT2D eigenvalue weighted by atomic mass is 9.85. The molecule has 74 heavy (non-hydrogen) atoms. The van der Waals surface area contributed by atoms with Crippen molar-refractivity contribution in [2.75, 3.05) is 89.8 Å². The highest BCUT2D eigenvalue weighted by Crippen LogP contribution is 2.44. The fourth-order valence-corrected chi connectivity index (χ4v) is 12.1. The first-order chi connectivity index (χ1) is 35.1. The minimum absolute atomic E-state index is 0.00487. The number of halogens is 8. The molecule has 2 saturated carbocycles. The first-order valence-electron chi connectivity index (χ1n) is 25.7. The van der Waals surface area contributed by atoms with Gasteiger partial charge in [-0.15, -0.1) is 0 Å². The highest BCUT2D eigenvalue weighted by Gasteiger charge is 2.47. The van der Waals surface area contributed by atoms with Crippen molar-refractivity contribution in [3.63, 3.8) is 0 Å². The minimum atomic E-state index is -4.60. The Kier molecular flexibility index (Phi) is 13.9. The molecule has 0 bridgehead atoms. The summed E-state index contributed by atoms with van der Waals surface area (Å²) in [5.74, 6) is -2.51. The highest BCUT2D eigenvalue weighted by atomic mass is 19.4. The molecule has 2 aromatic heterocycles. The molecule has 2 N–H and O–H groups in total. The number of ether oxygens (including phenoxy) is 2. The van der Waals surface area contributed by atoms with E-state index in [9.17, 15) is 35.9 Å². The number of benzene rings is 2. The van der Waals surface area contributed by atoms with Crippen LogP contribution in [-0.2, 0) is 35.2 Å². The second-order valence-electron chi connectivity index (χ2n) is 21.8. The van der Waals surface area contributed by atoms with Gasteiger partial charge < -0.3 is 48.5 Å².